The van der Waals surface area contributed by atoms with Gasteiger partial charge in [0.25, 0.3) is 0 Å². The fourth-order valence-corrected chi connectivity index (χ4v) is 2.25. The number of rotatable bonds is 3. The first-order chi connectivity index (χ1) is 8.33. The number of phenols is 1. The lowest BCUT2D eigenvalue weighted by Gasteiger charge is -2.22. The molecule has 0 amide bonds. The summed E-state index contributed by atoms with van der Waals surface area (Å²) >= 11 is 0. The van der Waals surface area contributed by atoms with E-state index in [1.165, 1.54) is 0 Å². The Hall–Kier alpha value is -1.55. The van der Waals surface area contributed by atoms with Gasteiger partial charge in [0.05, 0.1) is 11.0 Å². The summed E-state index contributed by atoms with van der Waals surface area (Å²) in [6, 6.07) is 5.22. The molecule has 0 saturated heterocycles. The molecule has 0 aliphatic carbocycles. The minimum absolute atomic E-state index is 0.0964. The molecule has 0 aliphatic heterocycles. The number of imidazole rings is 1. The highest BCUT2D eigenvalue weighted by atomic mass is 16.3. The van der Waals surface area contributed by atoms with E-state index in [9.17, 15) is 5.11 Å². The molecule has 0 radical (unpaired) electrons. The third-order valence-electron chi connectivity index (χ3n) is 2.84. The number of fused-ring (bicyclic) bond motifs is 1. The second kappa shape index (κ2) is 4.61. The zero-order valence-corrected chi connectivity index (χ0v) is 11.2. The van der Waals surface area contributed by atoms with Crippen LogP contribution in [0.2, 0.25) is 0 Å². The number of aromatic hydroxyl groups is 1. The van der Waals surface area contributed by atoms with Crippen LogP contribution < -0.4 is 5.73 Å². The van der Waals surface area contributed by atoms with E-state index >= 15 is 0 Å². The van der Waals surface area contributed by atoms with Crippen molar-refractivity contribution >= 4 is 11.0 Å². The first kappa shape index (κ1) is 12.9. The van der Waals surface area contributed by atoms with Crippen LogP contribution in [-0.4, -0.2) is 21.1 Å². The van der Waals surface area contributed by atoms with Gasteiger partial charge >= 0.3 is 0 Å². The molecule has 18 heavy (non-hydrogen) atoms. The summed E-state index contributed by atoms with van der Waals surface area (Å²) in [5.74, 6) is 1.13. The number of hydrogen-bond acceptors (Lipinski definition) is 3. The summed E-state index contributed by atoms with van der Waals surface area (Å²) in [6.45, 7) is 6.55. The Bertz CT molecular complexity index is 539. The standard InChI is InChI=1S/C14H21N3O/c1-14(2,3)8-9(15)6-13-16-11-5-4-10(18)7-12(11)17-13/h4-5,7,9,18H,6,8,15H2,1-3H3,(H,16,17). The number of phenolic OH excluding ortho intramolecular Hbond substituents is 1. The van der Waals surface area contributed by atoms with Crippen LogP contribution in [0.3, 0.4) is 0 Å². The predicted molar refractivity (Wildman–Crippen MR) is 73.5 cm³/mol. The topological polar surface area (TPSA) is 74.9 Å². The maximum absolute atomic E-state index is 9.40. The van der Waals surface area contributed by atoms with E-state index in [0.717, 1.165) is 29.7 Å². The first-order valence-electron chi connectivity index (χ1n) is 6.27. The molecule has 4 N–H and O–H groups in total. The summed E-state index contributed by atoms with van der Waals surface area (Å²) in [5.41, 5.74) is 8.08. The fourth-order valence-electron chi connectivity index (χ4n) is 2.25. The average molecular weight is 247 g/mol. The highest BCUT2D eigenvalue weighted by Crippen LogP contribution is 2.22. The Morgan fingerprint density at radius 3 is 2.78 bits per heavy atom. The third-order valence-corrected chi connectivity index (χ3v) is 2.84. The normalized spacial score (nSPS) is 14.0. The Balaban J connectivity index is 2.12. The Morgan fingerprint density at radius 1 is 1.39 bits per heavy atom. The number of hydrogen-bond donors (Lipinski definition) is 3. The van der Waals surface area contributed by atoms with Crippen LogP contribution in [0.5, 0.6) is 5.75 Å². The van der Waals surface area contributed by atoms with Crippen molar-refractivity contribution in [1.29, 1.82) is 0 Å². The van der Waals surface area contributed by atoms with Gasteiger partial charge in [0, 0.05) is 18.5 Å². The van der Waals surface area contributed by atoms with Crippen LogP contribution in [-0.2, 0) is 6.42 Å². The number of H-pyrrole nitrogens is 1. The Morgan fingerprint density at radius 2 is 2.11 bits per heavy atom. The molecule has 4 heteroatoms. The molecule has 2 rings (SSSR count). The molecule has 0 saturated carbocycles. The van der Waals surface area contributed by atoms with Crippen LogP contribution in [0.15, 0.2) is 18.2 Å². The van der Waals surface area contributed by atoms with E-state index in [2.05, 4.69) is 30.7 Å². The molecule has 0 spiro atoms. The molecule has 0 bridgehead atoms. The molecule has 4 nitrogen and oxygen atoms in total. The maximum Gasteiger partial charge on any atom is 0.117 e. The van der Waals surface area contributed by atoms with E-state index in [4.69, 9.17) is 5.73 Å². The quantitative estimate of drug-likeness (QED) is 0.780. The van der Waals surface area contributed by atoms with Crippen LogP contribution >= 0.6 is 0 Å². The highest BCUT2D eigenvalue weighted by Gasteiger charge is 2.17. The summed E-state index contributed by atoms with van der Waals surface area (Å²) in [5, 5.41) is 9.40. The minimum Gasteiger partial charge on any atom is -0.508 e. The smallest absolute Gasteiger partial charge is 0.117 e. The van der Waals surface area contributed by atoms with Gasteiger partial charge in [0.1, 0.15) is 11.6 Å². The third kappa shape index (κ3) is 3.23. The summed E-state index contributed by atoms with van der Waals surface area (Å²) in [6.07, 6.45) is 1.68. The van der Waals surface area contributed by atoms with Crippen molar-refractivity contribution in [2.24, 2.45) is 11.1 Å². The van der Waals surface area contributed by atoms with Crippen molar-refractivity contribution < 1.29 is 5.11 Å². The summed E-state index contributed by atoms with van der Waals surface area (Å²) in [4.78, 5) is 7.68. The van der Waals surface area contributed by atoms with Crippen LogP contribution in [0.1, 0.15) is 33.0 Å². The van der Waals surface area contributed by atoms with Crippen molar-refractivity contribution in [3.8, 4) is 5.75 Å². The maximum atomic E-state index is 9.40. The molecule has 98 valence electrons. The Kier molecular flexibility index (Phi) is 3.30. The predicted octanol–water partition coefficient (Wildman–Crippen LogP) is 2.57. The van der Waals surface area contributed by atoms with Gasteiger partial charge in [-0.25, -0.2) is 4.98 Å². The second-order valence-corrected chi connectivity index (χ2v) is 6.11. The van der Waals surface area contributed by atoms with Gasteiger partial charge in [-0.05, 0) is 24.0 Å². The lowest BCUT2D eigenvalue weighted by Crippen LogP contribution is -2.28. The zero-order chi connectivity index (χ0) is 13.3. The lowest BCUT2D eigenvalue weighted by atomic mass is 9.87. The SMILES string of the molecule is CC(C)(C)CC(N)Cc1nc2ccc(O)cc2[nH]1. The van der Waals surface area contributed by atoms with E-state index in [0.29, 0.717) is 0 Å². The number of aromatic amines is 1. The number of benzene rings is 1. The van der Waals surface area contributed by atoms with Gasteiger partial charge in [-0.2, -0.15) is 0 Å². The van der Waals surface area contributed by atoms with E-state index in [-0.39, 0.29) is 17.2 Å². The number of nitrogens with zero attached hydrogens (tertiary/aromatic N) is 1. The minimum atomic E-state index is 0.0964. The molecule has 1 aromatic carbocycles. The number of nitrogens with one attached hydrogen (secondary N) is 1. The van der Waals surface area contributed by atoms with Gasteiger partial charge in [-0.15, -0.1) is 0 Å². The fraction of sp³-hybridized carbons (Fsp3) is 0.500. The molecule has 1 aromatic heterocycles. The van der Waals surface area contributed by atoms with Gasteiger partial charge in [-0.1, -0.05) is 20.8 Å². The lowest BCUT2D eigenvalue weighted by molar-refractivity contribution is 0.337. The van der Waals surface area contributed by atoms with Gasteiger partial charge in [-0.3, -0.25) is 0 Å². The van der Waals surface area contributed by atoms with Gasteiger partial charge in [0.15, 0.2) is 0 Å². The monoisotopic (exact) mass is 247 g/mol. The van der Waals surface area contributed by atoms with Crippen molar-refractivity contribution in [3.63, 3.8) is 0 Å². The first-order valence-corrected chi connectivity index (χ1v) is 6.27. The summed E-state index contributed by atoms with van der Waals surface area (Å²) in [7, 11) is 0. The van der Waals surface area contributed by atoms with Crippen molar-refractivity contribution in [3.05, 3.63) is 24.0 Å². The van der Waals surface area contributed by atoms with Crippen LogP contribution in [0.4, 0.5) is 0 Å². The van der Waals surface area contributed by atoms with Crippen molar-refractivity contribution in [1.82, 2.24) is 9.97 Å². The Labute approximate surface area is 107 Å². The number of aromatic nitrogens is 2. The molecular weight excluding hydrogens is 226 g/mol. The van der Waals surface area contributed by atoms with Gasteiger partial charge in [0.2, 0.25) is 0 Å². The zero-order valence-electron chi connectivity index (χ0n) is 11.2. The van der Waals surface area contributed by atoms with E-state index < -0.39 is 0 Å². The summed E-state index contributed by atoms with van der Waals surface area (Å²) < 4.78 is 0. The second-order valence-electron chi connectivity index (χ2n) is 6.11. The number of nitrogens with two attached hydrogens (primary N) is 1. The van der Waals surface area contributed by atoms with E-state index in [1.807, 2.05) is 0 Å². The molecule has 0 fully saturated rings. The molecule has 2 aromatic rings. The molecular formula is C14H21N3O. The van der Waals surface area contributed by atoms with E-state index in [1.54, 1.807) is 18.2 Å². The molecule has 1 heterocycles. The average Bonchev–Trinajstić information content (AvgIpc) is 2.55. The van der Waals surface area contributed by atoms with Crippen molar-refractivity contribution in [2.45, 2.75) is 39.7 Å². The highest BCUT2D eigenvalue weighted by molar-refractivity contribution is 5.76. The van der Waals surface area contributed by atoms with Crippen LogP contribution in [0, 0.1) is 5.41 Å². The van der Waals surface area contributed by atoms with Crippen molar-refractivity contribution in [2.75, 3.05) is 0 Å². The molecule has 0 aliphatic rings. The van der Waals surface area contributed by atoms with Gasteiger partial charge < -0.3 is 15.8 Å². The largest absolute Gasteiger partial charge is 0.508 e. The van der Waals surface area contributed by atoms with Crippen LogP contribution in [0.25, 0.3) is 11.0 Å². The molecule has 1 atom stereocenters. The molecule has 1 unspecified atom stereocenters.